The van der Waals surface area contributed by atoms with Gasteiger partial charge >= 0.3 is 6.18 Å². The fourth-order valence-electron chi connectivity index (χ4n) is 1.71. The molecule has 0 aliphatic heterocycles. The van der Waals surface area contributed by atoms with Crippen LogP contribution in [-0.4, -0.2) is 21.7 Å². The number of benzene rings is 1. The Morgan fingerprint density at radius 2 is 1.90 bits per heavy atom. The Morgan fingerprint density at radius 3 is 2.45 bits per heavy atom. The van der Waals surface area contributed by atoms with E-state index in [-0.39, 0.29) is 0 Å². The van der Waals surface area contributed by atoms with Crippen LogP contribution in [0.4, 0.5) is 18.9 Å². The maximum Gasteiger partial charge on any atom is 0.416 e. The Hall–Kier alpha value is -2.05. The first-order valence-electron chi connectivity index (χ1n) is 6.30. The molecular weight excluding hydrogens is 269 g/mol. The second-order valence-corrected chi connectivity index (χ2v) is 4.30. The van der Waals surface area contributed by atoms with Gasteiger partial charge in [0.05, 0.1) is 5.56 Å². The molecule has 20 heavy (non-hydrogen) atoms. The Morgan fingerprint density at radius 1 is 1.20 bits per heavy atom. The van der Waals surface area contributed by atoms with Gasteiger partial charge in [0.25, 0.3) is 0 Å². The van der Waals surface area contributed by atoms with Gasteiger partial charge in [-0.25, -0.2) is 4.98 Å². The van der Waals surface area contributed by atoms with Crippen molar-refractivity contribution in [2.75, 3.05) is 11.9 Å². The second-order valence-electron chi connectivity index (χ2n) is 4.30. The zero-order valence-electron chi connectivity index (χ0n) is 11.0. The third-order valence-electron chi connectivity index (χ3n) is 2.80. The van der Waals surface area contributed by atoms with E-state index in [2.05, 4.69) is 20.5 Å². The number of aromatic amines is 1. The summed E-state index contributed by atoms with van der Waals surface area (Å²) in [5.74, 6) is 1.52. The quantitative estimate of drug-likeness (QED) is 0.887. The predicted octanol–water partition coefficient (Wildman–Crippen LogP) is 3.04. The number of nitrogens with one attached hydrogen (secondary N) is 2. The number of rotatable bonds is 5. The smallest absolute Gasteiger partial charge is 0.385 e. The lowest BCUT2D eigenvalue weighted by molar-refractivity contribution is -0.137. The van der Waals surface area contributed by atoms with E-state index in [1.807, 2.05) is 6.92 Å². The Kier molecular flexibility index (Phi) is 4.26. The standard InChI is InChI=1S/C13H15F3N4/c1-2-11-18-12(20-19-11)7-8-17-10-5-3-9(4-6-10)13(14,15)16/h3-6,17H,2,7-8H2,1H3,(H,18,19,20). The average molecular weight is 284 g/mol. The van der Waals surface area contributed by atoms with Gasteiger partial charge in [-0.3, -0.25) is 5.10 Å². The fourth-order valence-corrected chi connectivity index (χ4v) is 1.71. The van der Waals surface area contributed by atoms with E-state index in [1.54, 1.807) is 0 Å². The monoisotopic (exact) mass is 284 g/mol. The molecule has 2 aromatic rings. The van der Waals surface area contributed by atoms with Crippen molar-refractivity contribution >= 4 is 5.69 Å². The van der Waals surface area contributed by atoms with E-state index >= 15 is 0 Å². The molecule has 7 heteroatoms. The molecule has 2 rings (SSSR count). The molecule has 0 unspecified atom stereocenters. The number of halogens is 3. The third-order valence-corrected chi connectivity index (χ3v) is 2.80. The first-order chi connectivity index (χ1) is 9.49. The van der Waals surface area contributed by atoms with Gasteiger partial charge in [0.1, 0.15) is 11.6 Å². The minimum atomic E-state index is -4.30. The zero-order valence-corrected chi connectivity index (χ0v) is 11.0. The van der Waals surface area contributed by atoms with Crippen LogP contribution in [0.2, 0.25) is 0 Å². The highest BCUT2D eigenvalue weighted by Gasteiger charge is 2.29. The van der Waals surface area contributed by atoms with Crippen molar-refractivity contribution in [2.45, 2.75) is 25.9 Å². The molecule has 0 spiro atoms. The van der Waals surface area contributed by atoms with Crippen molar-refractivity contribution in [3.63, 3.8) is 0 Å². The molecule has 0 aliphatic carbocycles. The van der Waals surface area contributed by atoms with Gasteiger partial charge < -0.3 is 5.32 Å². The van der Waals surface area contributed by atoms with Gasteiger partial charge in [-0.05, 0) is 24.3 Å². The van der Waals surface area contributed by atoms with Crippen LogP contribution in [0.3, 0.4) is 0 Å². The van der Waals surface area contributed by atoms with Gasteiger partial charge in [-0.15, -0.1) is 0 Å². The maximum absolute atomic E-state index is 12.4. The molecule has 1 aromatic heterocycles. The van der Waals surface area contributed by atoms with Gasteiger partial charge in [-0.2, -0.15) is 18.3 Å². The molecule has 108 valence electrons. The highest BCUT2D eigenvalue weighted by molar-refractivity contribution is 5.45. The van der Waals surface area contributed by atoms with Crippen LogP contribution >= 0.6 is 0 Å². The van der Waals surface area contributed by atoms with Gasteiger partial charge in [0, 0.05) is 25.1 Å². The summed E-state index contributed by atoms with van der Waals surface area (Å²) in [5, 5.41) is 9.88. The normalized spacial score (nSPS) is 11.6. The number of aryl methyl sites for hydroxylation is 1. The topological polar surface area (TPSA) is 53.6 Å². The molecular formula is C13H15F3N4. The summed E-state index contributed by atoms with van der Waals surface area (Å²) in [4.78, 5) is 4.25. The molecule has 1 aromatic carbocycles. The van der Waals surface area contributed by atoms with Crippen molar-refractivity contribution in [1.82, 2.24) is 15.2 Å². The molecule has 1 heterocycles. The van der Waals surface area contributed by atoms with Gasteiger partial charge in [-0.1, -0.05) is 6.92 Å². The molecule has 0 fully saturated rings. The lowest BCUT2D eigenvalue weighted by atomic mass is 10.2. The van der Waals surface area contributed by atoms with Gasteiger partial charge in [0.2, 0.25) is 0 Å². The van der Waals surface area contributed by atoms with Crippen LogP contribution in [0.1, 0.15) is 24.1 Å². The molecule has 4 nitrogen and oxygen atoms in total. The van der Waals surface area contributed by atoms with Crippen LogP contribution < -0.4 is 5.32 Å². The molecule has 0 aliphatic rings. The molecule has 2 N–H and O–H groups in total. The number of hydrogen-bond donors (Lipinski definition) is 2. The summed E-state index contributed by atoms with van der Waals surface area (Å²) in [6.07, 6.45) is -2.90. The van der Waals surface area contributed by atoms with Crippen molar-refractivity contribution in [3.05, 3.63) is 41.5 Å². The number of nitrogens with zero attached hydrogens (tertiary/aromatic N) is 2. The van der Waals surface area contributed by atoms with Crippen molar-refractivity contribution < 1.29 is 13.2 Å². The van der Waals surface area contributed by atoms with E-state index in [0.717, 1.165) is 30.2 Å². The number of hydrogen-bond acceptors (Lipinski definition) is 3. The first kappa shape index (κ1) is 14.4. The van der Waals surface area contributed by atoms with Crippen molar-refractivity contribution in [1.29, 1.82) is 0 Å². The van der Waals surface area contributed by atoms with Gasteiger partial charge in [0.15, 0.2) is 0 Å². The number of anilines is 1. The van der Waals surface area contributed by atoms with Crippen LogP contribution in [-0.2, 0) is 19.0 Å². The number of alkyl halides is 3. The molecule has 0 atom stereocenters. The van der Waals surface area contributed by atoms with E-state index in [4.69, 9.17) is 0 Å². The molecule has 0 amide bonds. The predicted molar refractivity (Wildman–Crippen MR) is 69.4 cm³/mol. The van der Waals surface area contributed by atoms with E-state index < -0.39 is 11.7 Å². The van der Waals surface area contributed by atoms with Crippen LogP contribution in [0.25, 0.3) is 0 Å². The van der Waals surface area contributed by atoms with Crippen LogP contribution in [0, 0.1) is 0 Å². The van der Waals surface area contributed by atoms with E-state index in [9.17, 15) is 13.2 Å². The van der Waals surface area contributed by atoms with Crippen molar-refractivity contribution in [2.24, 2.45) is 0 Å². The van der Waals surface area contributed by atoms with Crippen molar-refractivity contribution in [3.8, 4) is 0 Å². The summed E-state index contributed by atoms with van der Waals surface area (Å²) < 4.78 is 37.2. The van der Waals surface area contributed by atoms with Crippen LogP contribution in [0.15, 0.2) is 24.3 Å². The van der Waals surface area contributed by atoms with E-state index in [0.29, 0.717) is 18.7 Å². The lowest BCUT2D eigenvalue weighted by Crippen LogP contribution is -2.07. The maximum atomic E-state index is 12.4. The highest BCUT2D eigenvalue weighted by atomic mass is 19.4. The average Bonchev–Trinajstić information content (AvgIpc) is 2.86. The first-order valence-corrected chi connectivity index (χ1v) is 6.30. The second kappa shape index (κ2) is 5.94. The van der Waals surface area contributed by atoms with Crippen LogP contribution in [0.5, 0.6) is 0 Å². The molecule has 0 saturated carbocycles. The SMILES string of the molecule is CCc1n[nH]c(CCNc2ccc(C(F)(F)F)cc2)n1. The minimum absolute atomic E-state index is 0.573. The molecule has 0 radical (unpaired) electrons. The van der Waals surface area contributed by atoms with E-state index in [1.165, 1.54) is 12.1 Å². The number of aromatic nitrogens is 3. The summed E-state index contributed by atoms with van der Waals surface area (Å²) in [7, 11) is 0. The minimum Gasteiger partial charge on any atom is -0.385 e. The fraction of sp³-hybridized carbons (Fsp3) is 0.385. The summed E-state index contributed by atoms with van der Waals surface area (Å²) in [5.41, 5.74) is -0.000831. The summed E-state index contributed by atoms with van der Waals surface area (Å²) in [6.45, 7) is 2.54. The largest absolute Gasteiger partial charge is 0.416 e. The summed E-state index contributed by atoms with van der Waals surface area (Å²) in [6, 6.07) is 4.96. The number of H-pyrrole nitrogens is 1. The zero-order chi connectivity index (χ0) is 14.6. The Bertz CT molecular complexity index is 545. The Balaban J connectivity index is 1.85. The summed E-state index contributed by atoms with van der Waals surface area (Å²) >= 11 is 0. The lowest BCUT2D eigenvalue weighted by Gasteiger charge is -2.08. The highest BCUT2D eigenvalue weighted by Crippen LogP contribution is 2.29. The molecule has 0 saturated heterocycles. The molecule has 0 bridgehead atoms. The third kappa shape index (κ3) is 3.72. The Labute approximate surface area is 114 Å².